The zero-order valence-corrected chi connectivity index (χ0v) is 11.4. The third-order valence-corrected chi connectivity index (χ3v) is 5.03. The van der Waals surface area contributed by atoms with Crippen LogP contribution in [0.1, 0.15) is 20.8 Å². The highest BCUT2D eigenvalue weighted by Gasteiger charge is 2.15. The van der Waals surface area contributed by atoms with E-state index >= 15 is 0 Å². The molecule has 0 saturated heterocycles. The Hall–Kier alpha value is -0.310. The van der Waals surface area contributed by atoms with Gasteiger partial charge >= 0.3 is 0 Å². The third kappa shape index (κ3) is 2.27. The summed E-state index contributed by atoms with van der Waals surface area (Å²) in [6.07, 6.45) is 0. The highest BCUT2D eigenvalue weighted by Crippen LogP contribution is 2.38. The van der Waals surface area contributed by atoms with Crippen molar-refractivity contribution < 1.29 is 0 Å². The average Bonchev–Trinajstić information content (AvgIpc) is 2.74. The first-order valence-electron chi connectivity index (χ1n) is 4.62. The van der Waals surface area contributed by atoms with E-state index in [9.17, 15) is 0 Å². The summed E-state index contributed by atoms with van der Waals surface area (Å²) in [7, 11) is 0. The minimum atomic E-state index is 0.199. The molecule has 15 heavy (non-hydrogen) atoms. The molecular weight excluding hydrogens is 292 g/mol. The van der Waals surface area contributed by atoms with Crippen molar-refractivity contribution in [1.29, 1.82) is 0 Å². The summed E-state index contributed by atoms with van der Waals surface area (Å²) in [5.41, 5.74) is 2.26. The van der Waals surface area contributed by atoms with Crippen LogP contribution in [-0.2, 0) is 0 Å². The van der Waals surface area contributed by atoms with Gasteiger partial charge in [0, 0.05) is 9.90 Å². The quantitative estimate of drug-likeness (QED) is 0.669. The molecule has 1 aromatic carbocycles. The lowest BCUT2D eigenvalue weighted by Crippen LogP contribution is -1.92. The Labute approximate surface area is 107 Å². The Balaban J connectivity index is 2.42. The van der Waals surface area contributed by atoms with Crippen LogP contribution in [0, 0.1) is 6.92 Å². The molecule has 0 saturated carbocycles. The van der Waals surface area contributed by atoms with Crippen molar-refractivity contribution in [1.82, 2.24) is 0 Å². The maximum absolute atomic E-state index is 6.28. The van der Waals surface area contributed by atoms with Gasteiger partial charge in [0.2, 0.25) is 0 Å². The van der Waals surface area contributed by atoms with Crippen LogP contribution < -0.4 is 0 Å². The number of hydrogen-bond donors (Lipinski definition) is 0. The van der Waals surface area contributed by atoms with E-state index in [0.29, 0.717) is 0 Å². The molecule has 1 atom stereocenters. The maximum atomic E-state index is 6.28. The molecule has 0 N–H and O–H groups in total. The molecule has 1 unspecified atom stereocenters. The highest BCUT2D eigenvalue weighted by atomic mass is 79.9. The summed E-state index contributed by atoms with van der Waals surface area (Å²) in [4.78, 5) is 1.48. The van der Waals surface area contributed by atoms with Gasteiger partial charge in [-0.3, -0.25) is 0 Å². The Morgan fingerprint density at radius 1 is 1.27 bits per heavy atom. The first-order chi connectivity index (χ1) is 7.20. The smallest absolute Gasteiger partial charge is 0.0752 e. The van der Waals surface area contributed by atoms with E-state index in [2.05, 4.69) is 39.5 Å². The molecule has 1 aromatic heterocycles. The second-order valence-electron chi connectivity index (χ2n) is 3.36. The van der Waals surface area contributed by atoms with Crippen LogP contribution in [0.25, 0.3) is 0 Å². The van der Waals surface area contributed by atoms with E-state index in [4.69, 9.17) is 11.6 Å². The topological polar surface area (TPSA) is 0 Å². The van der Waals surface area contributed by atoms with E-state index in [1.165, 1.54) is 4.88 Å². The van der Waals surface area contributed by atoms with Crippen LogP contribution >= 0.6 is 38.9 Å². The number of benzene rings is 1. The standard InChI is InChI=1S/C12H10BrClS/c1-8-4-2-5-9(12(8)14)11(13)10-6-3-7-15-10/h2-7,11H,1H3. The monoisotopic (exact) mass is 300 g/mol. The fraction of sp³-hybridized carbons (Fsp3) is 0.167. The zero-order valence-electron chi connectivity index (χ0n) is 8.21. The van der Waals surface area contributed by atoms with Crippen molar-refractivity contribution in [2.24, 2.45) is 0 Å². The molecule has 0 amide bonds. The first kappa shape index (κ1) is 11.2. The van der Waals surface area contributed by atoms with Gasteiger partial charge in [-0.1, -0.05) is 51.8 Å². The molecule has 0 aliphatic heterocycles. The van der Waals surface area contributed by atoms with Crippen LogP contribution in [-0.4, -0.2) is 0 Å². The number of hydrogen-bond acceptors (Lipinski definition) is 1. The van der Waals surface area contributed by atoms with Gasteiger partial charge in [-0.2, -0.15) is 0 Å². The average molecular weight is 302 g/mol. The highest BCUT2D eigenvalue weighted by molar-refractivity contribution is 9.09. The molecule has 2 rings (SSSR count). The van der Waals surface area contributed by atoms with Crippen molar-refractivity contribution >= 4 is 38.9 Å². The second kappa shape index (κ2) is 4.69. The third-order valence-electron chi connectivity index (χ3n) is 2.29. The van der Waals surface area contributed by atoms with Crippen LogP contribution in [0.4, 0.5) is 0 Å². The molecular formula is C12H10BrClS. The number of rotatable bonds is 2. The molecule has 78 valence electrons. The van der Waals surface area contributed by atoms with Gasteiger partial charge in [-0.15, -0.1) is 11.3 Å². The first-order valence-corrected chi connectivity index (χ1v) is 6.80. The maximum Gasteiger partial charge on any atom is 0.0752 e. The summed E-state index contributed by atoms with van der Waals surface area (Å²) >= 11 is 11.7. The normalized spacial score (nSPS) is 12.7. The van der Waals surface area contributed by atoms with Crippen molar-refractivity contribution in [3.05, 3.63) is 56.7 Å². The Kier molecular flexibility index (Phi) is 3.49. The molecule has 0 aliphatic carbocycles. The predicted molar refractivity (Wildman–Crippen MR) is 71.3 cm³/mol. The largest absolute Gasteiger partial charge is 0.147 e. The van der Waals surface area contributed by atoms with Gasteiger partial charge in [-0.05, 0) is 29.5 Å². The number of alkyl halides is 1. The second-order valence-corrected chi connectivity index (χ2v) is 5.63. The van der Waals surface area contributed by atoms with E-state index in [1.54, 1.807) is 11.3 Å². The number of thiophene rings is 1. The fourth-order valence-electron chi connectivity index (χ4n) is 1.45. The predicted octanol–water partition coefficient (Wildman–Crippen LogP) is 5.19. The van der Waals surface area contributed by atoms with Gasteiger partial charge < -0.3 is 0 Å². The SMILES string of the molecule is Cc1cccc(C(Br)c2cccs2)c1Cl. The summed E-state index contributed by atoms with van der Waals surface area (Å²) in [5, 5.41) is 2.93. The lowest BCUT2D eigenvalue weighted by atomic mass is 10.1. The molecule has 0 bridgehead atoms. The van der Waals surface area contributed by atoms with E-state index in [0.717, 1.165) is 16.1 Å². The summed E-state index contributed by atoms with van der Waals surface area (Å²) < 4.78 is 0. The van der Waals surface area contributed by atoms with Crippen molar-refractivity contribution in [3.8, 4) is 0 Å². The summed E-state index contributed by atoms with van der Waals surface area (Å²) in [5.74, 6) is 0. The Morgan fingerprint density at radius 2 is 2.07 bits per heavy atom. The van der Waals surface area contributed by atoms with E-state index < -0.39 is 0 Å². The van der Waals surface area contributed by atoms with Crippen LogP contribution in [0.2, 0.25) is 5.02 Å². The minimum absolute atomic E-state index is 0.199. The number of halogens is 2. The molecule has 0 spiro atoms. The molecule has 0 aliphatic rings. The summed E-state index contributed by atoms with van der Waals surface area (Å²) in [6.45, 7) is 2.03. The summed E-state index contributed by atoms with van der Waals surface area (Å²) in [6, 6.07) is 10.3. The van der Waals surface area contributed by atoms with Crippen molar-refractivity contribution in [2.45, 2.75) is 11.8 Å². The van der Waals surface area contributed by atoms with Crippen molar-refractivity contribution in [2.75, 3.05) is 0 Å². The van der Waals surface area contributed by atoms with Gasteiger partial charge in [0.05, 0.1) is 4.83 Å². The lowest BCUT2D eigenvalue weighted by molar-refractivity contribution is 1.21. The van der Waals surface area contributed by atoms with Gasteiger partial charge in [0.25, 0.3) is 0 Å². The van der Waals surface area contributed by atoms with Crippen LogP contribution in [0.3, 0.4) is 0 Å². The molecule has 3 heteroatoms. The Morgan fingerprint density at radius 3 is 2.73 bits per heavy atom. The Bertz CT molecular complexity index is 451. The molecule has 0 nitrogen and oxygen atoms in total. The van der Waals surface area contributed by atoms with Crippen LogP contribution in [0.5, 0.6) is 0 Å². The molecule has 2 aromatic rings. The number of aryl methyl sites for hydroxylation is 1. The lowest BCUT2D eigenvalue weighted by Gasteiger charge is -2.11. The zero-order chi connectivity index (χ0) is 10.8. The van der Waals surface area contributed by atoms with E-state index in [-0.39, 0.29) is 4.83 Å². The van der Waals surface area contributed by atoms with Gasteiger partial charge in [0.1, 0.15) is 0 Å². The van der Waals surface area contributed by atoms with Crippen molar-refractivity contribution in [3.63, 3.8) is 0 Å². The molecule has 1 heterocycles. The molecule has 0 fully saturated rings. The van der Waals surface area contributed by atoms with Gasteiger partial charge in [0.15, 0.2) is 0 Å². The van der Waals surface area contributed by atoms with E-state index in [1.807, 2.05) is 19.1 Å². The van der Waals surface area contributed by atoms with Gasteiger partial charge in [-0.25, -0.2) is 0 Å². The van der Waals surface area contributed by atoms with Crippen LogP contribution in [0.15, 0.2) is 35.7 Å². The minimum Gasteiger partial charge on any atom is -0.147 e. The fourth-order valence-corrected chi connectivity index (χ4v) is 3.40. The molecule has 0 radical (unpaired) electrons.